The van der Waals surface area contributed by atoms with E-state index in [-0.39, 0.29) is 0 Å². The molecular formula is C14H21NO3S. The molecule has 1 atom stereocenters. The largest absolute Gasteiger partial charge is 0.486 e. The van der Waals surface area contributed by atoms with Crippen molar-refractivity contribution in [3.63, 3.8) is 0 Å². The average molecular weight is 283 g/mol. The fraction of sp³-hybridized carbons (Fsp3) is 0.571. The van der Waals surface area contributed by atoms with Gasteiger partial charge < -0.3 is 14.8 Å². The second-order valence-corrected chi connectivity index (χ2v) is 6.39. The van der Waals surface area contributed by atoms with Crippen molar-refractivity contribution in [1.82, 2.24) is 5.32 Å². The molecule has 1 aromatic carbocycles. The maximum atomic E-state index is 12.2. The number of hydrogen-bond donors (Lipinski definition) is 1. The molecule has 2 rings (SSSR count). The summed E-state index contributed by atoms with van der Waals surface area (Å²) in [6.45, 7) is 6.25. The van der Waals surface area contributed by atoms with Crippen LogP contribution in [-0.2, 0) is 10.8 Å². The van der Waals surface area contributed by atoms with Crippen molar-refractivity contribution in [2.45, 2.75) is 31.2 Å². The van der Waals surface area contributed by atoms with Gasteiger partial charge in [-0.2, -0.15) is 0 Å². The van der Waals surface area contributed by atoms with Gasteiger partial charge in [-0.05, 0) is 25.1 Å². The molecule has 5 heteroatoms. The van der Waals surface area contributed by atoms with Gasteiger partial charge >= 0.3 is 0 Å². The van der Waals surface area contributed by atoms with Crippen LogP contribution < -0.4 is 14.8 Å². The first-order valence-corrected chi connectivity index (χ1v) is 8.00. The topological polar surface area (TPSA) is 47.6 Å². The molecule has 1 aliphatic heterocycles. The summed E-state index contributed by atoms with van der Waals surface area (Å²) in [5.74, 6) is 2.12. The van der Waals surface area contributed by atoms with Gasteiger partial charge in [0.25, 0.3) is 0 Å². The van der Waals surface area contributed by atoms with Gasteiger partial charge in [0, 0.05) is 22.8 Å². The van der Waals surface area contributed by atoms with Crippen LogP contribution in [0.25, 0.3) is 0 Å². The van der Waals surface area contributed by atoms with Crippen molar-refractivity contribution in [3.05, 3.63) is 18.2 Å². The van der Waals surface area contributed by atoms with Gasteiger partial charge in [-0.25, -0.2) is 0 Å². The number of fused-ring (bicyclic) bond motifs is 1. The fourth-order valence-corrected chi connectivity index (χ4v) is 2.98. The lowest BCUT2D eigenvalue weighted by molar-refractivity contribution is 0.171. The molecule has 0 fully saturated rings. The van der Waals surface area contributed by atoms with Crippen LogP contribution in [0.15, 0.2) is 23.1 Å². The Labute approximate surface area is 116 Å². The maximum Gasteiger partial charge on any atom is 0.162 e. The van der Waals surface area contributed by atoms with Gasteiger partial charge in [0.1, 0.15) is 13.2 Å². The number of rotatable bonds is 6. The van der Waals surface area contributed by atoms with Crippen molar-refractivity contribution >= 4 is 10.8 Å². The van der Waals surface area contributed by atoms with Gasteiger partial charge in [-0.3, -0.25) is 4.21 Å². The lowest BCUT2D eigenvalue weighted by Gasteiger charge is -2.18. The van der Waals surface area contributed by atoms with Crippen LogP contribution in [0.1, 0.15) is 20.3 Å². The SMILES string of the molecule is CC(C)NCCCS(=O)c1ccc2c(c1)OCCO2. The quantitative estimate of drug-likeness (QED) is 0.811. The highest BCUT2D eigenvalue weighted by Crippen LogP contribution is 2.31. The van der Waals surface area contributed by atoms with Crippen LogP contribution >= 0.6 is 0 Å². The molecule has 0 amide bonds. The Hall–Kier alpha value is -1.07. The second-order valence-electron chi connectivity index (χ2n) is 4.82. The van der Waals surface area contributed by atoms with E-state index in [1.165, 1.54) is 0 Å². The second kappa shape index (κ2) is 6.91. The zero-order valence-electron chi connectivity index (χ0n) is 11.5. The van der Waals surface area contributed by atoms with Gasteiger partial charge in [-0.1, -0.05) is 13.8 Å². The zero-order chi connectivity index (χ0) is 13.7. The maximum absolute atomic E-state index is 12.2. The summed E-state index contributed by atoms with van der Waals surface area (Å²) in [5, 5.41) is 3.32. The monoisotopic (exact) mass is 283 g/mol. The van der Waals surface area contributed by atoms with E-state index in [0.717, 1.165) is 23.6 Å². The Morgan fingerprint density at radius 3 is 2.74 bits per heavy atom. The molecule has 0 radical (unpaired) electrons. The third kappa shape index (κ3) is 4.21. The molecule has 0 saturated carbocycles. The average Bonchev–Trinajstić information content (AvgIpc) is 2.42. The van der Waals surface area contributed by atoms with E-state index in [1.807, 2.05) is 18.2 Å². The predicted molar refractivity (Wildman–Crippen MR) is 76.5 cm³/mol. The summed E-state index contributed by atoms with van der Waals surface area (Å²) < 4.78 is 23.1. The van der Waals surface area contributed by atoms with Crippen LogP contribution in [0.5, 0.6) is 11.5 Å². The van der Waals surface area contributed by atoms with Crippen LogP contribution in [0.4, 0.5) is 0 Å². The Morgan fingerprint density at radius 2 is 2.00 bits per heavy atom. The van der Waals surface area contributed by atoms with Gasteiger partial charge in [0.2, 0.25) is 0 Å². The Balaban J connectivity index is 1.88. The minimum Gasteiger partial charge on any atom is -0.486 e. The number of nitrogens with one attached hydrogen (secondary N) is 1. The standard InChI is InChI=1S/C14H21NO3S/c1-11(2)15-6-3-9-19(16)12-4-5-13-14(10-12)18-8-7-17-13/h4-5,10-11,15H,3,6-9H2,1-2H3. The first kappa shape index (κ1) is 14.3. The molecule has 4 nitrogen and oxygen atoms in total. The van der Waals surface area contributed by atoms with Crippen molar-refractivity contribution in [1.29, 1.82) is 0 Å². The molecule has 0 aromatic heterocycles. The van der Waals surface area contributed by atoms with Crippen molar-refractivity contribution in [2.75, 3.05) is 25.5 Å². The summed E-state index contributed by atoms with van der Waals surface area (Å²) >= 11 is 0. The van der Waals surface area contributed by atoms with Crippen LogP contribution in [0.2, 0.25) is 0 Å². The molecule has 1 heterocycles. The third-order valence-electron chi connectivity index (χ3n) is 2.84. The molecule has 106 valence electrons. The molecule has 0 aliphatic carbocycles. The first-order valence-electron chi connectivity index (χ1n) is 6.68. The molecule has 1 aliphatic rings. The molecular weight excluding hydrogens is 262 g/mol. The Morgan fingerprint density at radius 1 is 1.26 bits per heavy atom. The fourth-order valence-electron chi connectivity index (χ4n) is 1.88. The van der Waals surface area contributed by atoms with E-state index in [4.69, 9.17) is 9.47 Å². The minimum absolute atomic E-state index is 0.475. The molecule has 0 bridgehead atoms. The summed E-state index contributed by atoms with van der Waals surface area (Å²) in [4.78, 5) is 0.814. The van der Waals surface area contributed by atoms with Gasteiger partial charge in [0.05, 0.1) is 10.8 Å². The van der Waals surface area contributed by atoms with E-state index in [9.17, 15) is 4.21 Å². The summed E-state index contributed by atoms with van der Waals surface area (Å²) in [6, 6.07) is 6.01. The van der Waals surface area contributed by atoms with Gasteiger partial charge in [-0.15, -0.1) is 0 Å². The summed E-state index contributed by atoms with van der Waals surface area (Å²) in [5.41, 5.74) is 0. The van der Waals surface area contributed by atoms with E-state index in [1.54, 1.807) is 0 Å². The van der Waals surface area contributed by atoms with Crippen molar-refractivity contribution < 1.29 is 13.7 Å². The van der Waals surface area contributed by atoms with E-state index in [2.05, 4.69) is 19.2 Å². The minimum atomic E-state index is -0.972. The molecule has 0 spiro atoms. The highest BCUT2D eigenvalue weighted by Gasteiger charge is 2.14. The van der Waals surface area contributed by atoms with Crippen molar-refractivity contribution in [3.8, 4) is 11.5 Å². The van der Waals surface area contributed by atoms with Crippen LogP contribution in [0, 0.1) is 0 Å². The number of hydrogen-bond acceptors (Lipinski definition) is 4. The highest BCUT2D eigenvalue weighted by atomic mass is 32.2. The lowest BCUT2D eigenvalue weighted by atomic mass is 10.3. The van der Waals surface area contributed by atoms with Crippen LogP contribution in [-0.4, -0.2) is 35.8 Å². The Kier molecular flexibility index (Phi) is 5.22. The number of benzene rings is 1. The van der Waals surface area contributed by atoms with E-state index in [0.29, 0.717) is 30.8 Å². The zero-order valence-corrected chi connectivity index (χ0v) is 12.3. The molecule has 0 saturated heterocycles. The summed E-state index contributed by atoms with van der Waals surface area (Å²) in [7, 11) is -0.972. The Bertz CT molecular complexity index is 448. The molecule has 1 N–H and O–H groups in total. The normalized spacial score (nSPS) is 15.5. The van der Waals surface area contributed by atoms with Gasteiger partial charge in [0.15, 0.2) is 11.5 Å². The predicted octanol–water partition coefficient (Wildman–Crippen LogP) is 1.95. The van der Waals surface area contributed by atoms with E-state index < -0.39 is 10.8 Å². The third-order valence-corrected chi connectivity index (χ3v) is 4.27. The first-order chi connectivity index (χ1) is 9.16. The van der Waals surface area contributed by atoms with E-state index >= 15 is 0 Å². The van der Waals surface area contributed by atoms with Crippen LogP contribution in [0.3, 0.4) is 0 Å². The highest BCUT2D eigenvalue weighted by molar-refractivity contribution is 7.85. The number of ether oxygens (including phenoxy) is 2. The molecule has 1 unspecified atom stereocenters. The van der Waals surface area contributed by atoms with Crippen molar-refractivity contribution in [2.24, 2.45) is 0 Å². The lowest BCUT2D eigenvalue weighted by Crippen LogP contribution is -2.24. The smallest absolute Gasteiger partial charge is 0.162 e. The molecule has 19 heavy (non-hydrogen) atoms. The summed E-state index contributed by atoms with van der Waals surface area (Å²) in [6.07, 6.45) is 0.902. The molecule has 1 aromatic rings.